The number of hydrogen-bond acceptors (Lipinski definition) is 4. The molecule has 17 heavy (non-hydrogen) atoms. The van der Waals surface area contributed by atoms with E-state index in [0.29, 0.717) is 0 Å². The molecule has 0 aliphatic heterocycles. The first-order chi connectivity index (χ1) is 8.22. The number of esters is 1. The first-order valence-corrected chi connectivity index (χ1v) is 6.78. The third kappa shape index (κ3) is 5.04. The quantitative estimate of drug-likeness (QED) is 0.621. The van der Waals surface area contributed by atoms with E-state index in [4.69, 9.17) is 4.74 Å². The van der Waals surface area contributed by atoms with Gasteiger partial charge in [-0.1, -0.05) is 13.8 Å². The molecule has 1 N–H and O–H groups in total. The van der Waals surface area contributed by atoms with Crippen LogP contribution in [0.2, 0.25) is 0 Å². The number of rotatable bonds is 9. The van der Waals surface area contributed by atoms with E-state index in [-0.39, 0.29) is 12.0 Å². The van der Waals surface area contributed by atoms with Crippen molar-refractivity contribution < 1.29 is 9.53 Å². The minimum absolute atomic E-state index is 0.140. The van der Waals surface area contributed by atoms with Gasteiger partial charge in [0, 0.05) is 12.6 Å². The lowest BCUT2D eigenvalue weighted by Crippen LogP contribution is -2.41. The highest BCUT2D eigenvalue weighted by Crippen LogP contribution is 2.27. The Morgan fingerprint density at radius 2 is 2.12 bits per heavy atom. The fraction of sp³-hybridized carbons (Fsp3) is 0.923. The van der Waals surface area contributed by atoms with Crippen LogP contribution in [0.1, 0.15) is 39.5 Å². The largest absolute Gasteiger partial charge is 0.468 e. The first kappa shape index (κ1) is 14.5. The van der Waals surface area contributed by atoms with E-state index in [1.54, 1.807) is 0 Å². The monoisotopic (exact) mass is 242 g/mol. The van der Waals surface area contributed by atoms with Crippen LogP contribution >= 0.6 is 0 Å². The van der Waals surface area contributed by atoms with Gasteiger partial charge in [0.25, 0.3) is 0 Å². The molecule has 100 valence electrons. The molecular formula is C13H26N2O2. The summed E-state index contributed by atoms with van der Waals surface area (Å²) in [6.07, 6.45) is 4.67. The maximum atomic E-state index is 11.6. The fourth-order valence-corrected chi connectivity index (χ4v) is 2.19. The van der Waals surface area contributed by atoms with Crippen LogP contribution < -0.4 is 5.32 Å². The Labute approximate surface area is 105 Å². The summed E-state index contributed by atoms with van der Waals surface area (Å²) in [5.74, 6) is -0.140. The van der Waals surface area contributed by atoms with Crippen molar-refractivity contribution in [2.45, 2.75) is 51.6 Å². The smallest absolute Gasteiger partial charge is 0.322 e. The summed E-state index contributed by atoms with van der Waals surface area (Å²) < 4.78 is 4.81. The second kappa shape index (κ2) is 7.67. The number of nitrogens with one attached hydrogen (secondary N) is 1. The number of hydrogen-bond donors (Lipinski definition) is 1. The molecule has 0 bridgehead atoms. The van der Waals surface area contributed by atoms with Crippen LogP contribution in [0.4, 0.5) is 0 Å². The van der Waals surface area contributed by atoms with Crippen molar-refractivity contribution >= 4 is 5.97 Å². The van der Waals surface area contributed by atoms with Gasteiger partial charge in [0.2, 0.25) is 0 Å². The van der Waals surface area contributed by atoms with Crippen molar-refractivity contribution in [3.05, 3.63) is 0 Å². The van der Waals surface area contributed by atoms with E-state index in [9.17, 15) is 4.79 Å². The minimum atomic E-state index is -0.150. The fourth-order valence-electron chi connectivity index (χ4n) is 2.19. The van der Waals surface area contributed by atoms with Gasteiger partial charge in [-0.15, -0.1) is 0 Å². The van der Waals surface area contributed by atoms with E-state index in [1.165, 1.54) is 26.4 Å². The van der Waals surface area contributed by atoms with Gasteiger partial charge in [-0.25, -0.2) is 0 Å². The Morgan fingerprint density at radius 3 is 2.59 bits per heavy atom. The Hall–Kier alpha value is -0.610. The van der Waals surface area contributed by atoms with Gasteiger partial charge in [0.05, 0.1) is 7.11 Å². The lowest BCUT2D eigenvalue weighted by atomic mass is 10.2. The molecule has 1 fully saturated rings. The summed E-state index contributed by atoms with van der Waals surface area (Å²) in [5.41, 5.74) is 0. The van der Waals surface area contributed by atoms with Crippen molar-refractivity contribution in [2.24, 2.45) is 0 Å². The van der Waals surface area contributed by atoms with Gasteiger partial charge >= 0.3 is 5.97 Å². The van der Waals surface area contributed by atoms with Gasteiger partial charge in [-0.2, -0.15) is 0 Å². The number of likely N-dealkylation sites (N-methyl/N-ethyl adjacent to an activating group) is 1. The third-order valence-electron chi connectivity index (χ3n) is 3.22. The Bertz CT molecular complexity index is 229. The summed E-state index contributed by atoms with van der Waals surface area (Å²) in [5, 5.41) is 3.19. The third-order valence-corrected chi connectivity index (χ3v) is 3.22. The van der Waals surface area contributed by atoms with Crippen LogP contribution in [0.25, 0.3) is 0 Å². The molecule has 4 heteroatoms. The number of nitrogens with zero attached hydrogens (tertiary/aromatic N) is 1. The molecule has 0 heterocycles. The molecule has 0 aromatic rings. The maximum absolute atomic E-state index is 11.6. The van der Waals surface area contributed by atoms with Gasteiger partial charge < -0.3 is 15.0 Å². The van der Waals surface area contributed by atoms with Crippen molar-refractivity contribution in [2.75, 3.05) is 26.7 Å². The van der Waals surface area contributed by atoms with Crippen molar-refractivity contribution in [3.63, 3.8) is 0 Å². The zero-order valence-corrected chi connectivity index (χ0v) is 11.4. The van der Waals surface area contributed by atoms with Gasteiger partial charge in [0.15, 0.2) is 0 Å². The van der Waals surface area contributed by atoms with Crippen LogP contribution in [-0.4, -0.2) is 49.7 Å². The molecule has 1 atom stereocenters. The Balaban J connectivity index is 2.34. The summed E-state index contributed by atoms with van der Waals surface area (Å²) in [4.78, 5) is 14.1. The summed E-state index contributed by atoms with van der Waals surface area (Å²) in [6.45, 7) is 7.16. The molecule has 0 saturated heterocycles. The molecule has 0 aromatic carbocycles. The number of carbonyl (C=O) groups is 1. The van der Waals surface area contributed by atoms with E-state index in [0.717, 1.165) is 32.1 Å². The molecule has 0 radical (unpaired) electrons. The second-order valence-corrected chi connectivity index (χ2v) is 4.69. The molecule has 1 aliphatic rings. The van der Waals surface area contributed by atoms with Crippen molar-refractivity contribution in [1.29, 1.82) is 0 Å². The lowest BCUT2D eigenvalue weighted by Gasteiger charge is -2.24. The predicted molar refractivity (Wildman–Crippen MR) is 69.0 cm³/mol. The summed E-state index contributed by atoms with van der Waals surface area (Å²) in [6, 6.07) is 0.623. The molecule has 0 amide bonds. The number of methoxy groups -OCH3 is 1. The van der Waals surface area contributed by atoms with Gasteiger partial charge in [-0.3, -0.25) is 4.79 Å². The Kier molecular flexibility index (Phi) is 6.52. The Morgan fingerprint density at radius 1 is 1.41 bits per heavy atom. The standard InChI is InChI=1S/C13H26N2O2/c1-4-9-15(11-6-7-11)10-8-12(14-5-2)13(16)17-3/h11-12,14H,4-10H2,1-3H3. The van der Waals surface area contributed by atoms with E-state index >= 15 is 0 Å². The van der Waals surface area contributed by atoms with Crippen molar-refractivity contribution in [1.82, 2.24) is 10.2 Å². The highest BCUT2D eigenvalue weighted by molar-refractivity contribution is 5.75. The topological polar surface area (TPSA) is 41.6 Å². The molecule has 1 saturated carbocycles. The SMILES string of the molecule is CCCN(CCC(NCC)C(=O)OC)C1CC1. The van der Waals surface area contributed by atoms with E-state index in [2.05, 4.69) is 17.1 Å². The molecule has 0 aromatic heterocycles. The van der Waals surface area contributed by atoms with Crippen LogP contribution in [-0.2, 0) is 9.53 Å². The highest BCUT2D eigenvalue weighted by atomic mass is 16.5. The van der Waals surface area contributed by atoms with Crippen LogP contribution in [0, 0.1) is 0 Å². The van der Waals surface area contributed by atoms with Crippen LogP contribution in [0.15, 0.2) is 0 Å². The average Bonchev–Trinajstić information content (AvgIpc) is 3.16. The van der Waals surface area contributed by atoms with E-state index < -0.39 is 0 Å². The maximum Gasteiger partial charge on any atom is 0.322 e. The van der Waals surface area contributed by atoms with Gasteiger partial charge in [-0.05, 0) is 38.8 Å². The summed E-state index contributed by atoms with van der Waals surface area (Å²) >= 11 is 0. The van der Waals surface area contributed by atoms with Crippen LogP contribution in [0.3, 0.4) is 0 Å². The molecule has 0 spiro atoms. The molecule has 1 unspecified atom stereocenters. The molecular weight excluding hydrogens is 216 g/mol. The zero-order valence-electron chi connectivity index (χ0n) is 11.4. The lowest BCUT2D eigenvalue weighted by molar-refractivity contribution is -0.143. The minimum Gasteiger partial charge on any atom is -0.468 e. The number of ether oxygens (including phenoxy) is 1. The van der Waals surface area contributed by atoms with Gasteiger partial charge in [0.1, 0.15) is 6.04 Å². The first-order valence-electron chi connectivity index (χ1n) is 6.78. The van der Waals surface area contributed by atoms with Crippen LogP contribution in [0.5, 0.6) is 0 Å². The van der Waals surface area contributed by atoms with Crippen molar-refractivity contribution in [3.8, 4) is 0 Å². The normalized spacial score (nSPS) is 17.2. The number of carbonyl (C=O) groups excluding carboxylic acids is 1. The average molecular weight is 242 g/mol. The highest BCUT2D eigenvalue weighted by Gasteiger charge is 2.29. The summed E-state index contributed by atoms with van der Waals surface area (Å²) in [7, 11) is 1.46. The predicted octanol–water partition coefficient (Wildman–Crippen LogP) is 1.40. The second-order valence-electron chi connectivity index (χ2n) is 4.69. The molecule has 4 nitrogen and oxygen atoms in total. The zero-order chi connectivity index (χ0) is 12.7. The molecule has 1 aliphatic carbocycles. The van der Waals surface area contributed by atoms with E-state index in [1.807, 2.05) is 6.92 Å². The molecule has 1 rings (SSSR count).